The molecule has 0 bridgehead atoms. The van der Waals surface area contributed by atoms with Gasteiger partial charge >= 0.3 is 5.97 Å². The van der Waals surface area contributed by atoms with Gasteiger partial charge in [-0.1, -0.05) is 37.3 Å². The molecule has 0 radical (unpaired) electrons. The molecular weight excluding hydrogens is 340 g/mol. The van der Waals surface area contributed by atoms with Gasteiger partial charge in [-0.2, -0.15) is 0 Å². The minimum atomic E-state index is -3.60. The molecule has 1 atom stereocenters. The molecule has 0 heterocycles. The molecule has 7 heteroatoms. The Morgan fingerprint density at radius 2 is 1.96 bits per heavy atom. The Morgan fingerprint density at radius 3 is 2.52 bits per heavy atom. The molecule has 0 amide bonds. The Labute approximate surface area is 149 Å². The fourth-order valence-electron chi connectivity index (χ4n) is 2.10. The third-order valence-corrected chi connectivity index (χ3v) is 4.99. The number of sulfonamides is 1. The number of benzene rings is 1. The summed E-state index contributed by atoms with van der Waals surface area (Å²) in [7, 11) is -3.60. The van der Waals surface area contributed by atoms with Crippen LogP contribution in [0.4, 0.5) is 0 Å². The summed E-state index contributed by atoms with van der Waals surface area (Å²) in [6.07, 6.45) is 2.90. The first kappa shape index (κ1) is 21.2. The van der Waals surface area contributed by atoms with Crippen molar-refractivity contribution in [2.24, 2.45) is 5.73 Å². The Hall–Kier alpha value is -1.88. The fourth-order valence-corrected chi connectivity index (χ4v) is 3.51. The third kappa shape index (κ3) is 8.68. The molecular formula is C18H26N2O4S. The molecule has 0 fully saturated rings. The van der Waals surface area contributed by atoms with Crippen LogP contribution >= 0.6 is 0 Å². The Morgan fingerprint density at radius 1 is 1.28 bits per heavy atom. The number of rotatable bonds is 10. The van der Waals surface area contributed by atoms with Crippen LogP contribution in [0, 0.1) is 11.8 Å². The van der Waals surface area contributed by atoms with Crippen molar-refractivity contribution in [2.45, 2.75) is 45.1 Å². The van der Waals surface area contributed by atoms with Crippen LogP contribution in [-0.2, 0) is 21.2 Å². The summed E-state index contributed by atoms with van der Waals surface area (Å²) in [6.45, 7) is 2.49. The molecule has 4 N–H and O–H groups in total. The maximum Gasteiger partial charge on any atom is 0.322 e. The Bertz CT molecular complexity index is 703. The summed E-state index contributed by atoms with van der Waals surface area (Å²) < 4.78 is 26.1. The predicted octanol–water partition coefficient (Wildman–Crippen LogP) is 1.49. The van der Waals surface area contributed by atoms with Crippen molar-refractivity contribution < 1.29 is 18.3 Å². The number of carbonyl (C=O) groups is 1. The molecule has 0 aromatic heterocycles. The van der Waals surface area contributed by atoms with E-state index in [4.69, 9.17) is 5.73 Å². The van der Waals surface area contributed by atoms with Gasteiger partial charge in [-0.05, 0) is 43.5 Å². The van der Waals surface area contributed by atoms with E-state index in [9.17, 15) is 18.3 Å². The molecule has 1 unspecified atom stereocenters. The van der Waals surface area contributed by atoms with E-state index in [1.807, 2.05) is 6.92 Å². The van der Waals surface area contributed by atoms with Gasteiger partial charge in [0.2, 0.25) is 10.0 Å². The normalized spacial score (nSPS) is 12.2. The highest BCUT2D eigenvalue weighted by atomic mass is 32.2. The Kier molecular flexibility index (Phi) is 9.21. The van der Waals surface area contributed by atoms with Crippen molar-refractivity contribution in [1.29, 1.82) is 0 Å². The molecule has 0 aliphatic heterocycles. The lowest BCUT2D eigenvalue weighted by molar-refractivity contribution is -0.138. The van der Waals surface area contributed by atoms with Crippen molar-refractivity contribution in [3.05, 3.63) is 35.4 Å². The third-order valence-electron chi connectivity index (χ3n) is 3.52. The number of nitrogens with two attached hydrogens (primary N) is 1. The number of aliphatic carboxylic acids is 1. The topological polar surface area (TPSA) is 109 Å². The summed E-state index contributed by atoms with van der Waals surface area (Å²) in [5.74, 6) is 4.77. The first-order valence-electron chi connectivity index (χ1n) is 8.38. The van der Waals surface area contributed by atoms with Crippen LogP contribution in [0.2, 0.25) is 0 Å². The van der Waals surface area contributed by atoms with Crippen LogP contribution in [0.25, 0.3) is 0 Å². The number of carboxylic acid groups (broad SMARTS) is 1. The zero-order valence-corrected chi connectivity index (χ0v) is 15.3. The number of carboxylic acids is 1. The Balaban J connectivity index is 2.72. The largest absolute Gasteiger partial charge is 0.480 e. The van der Waals surface area contributed by atoms with E-state index >= 15 is 0 Å². The second kappa shape index (κ2) is 10.9. The van der Waals surface area contributed by atoms with E-state index in [0.717, 1.165) is 30.4 Å². The SMILES string of the molecule is CCCCS(=O)(=O)NC(Cc1ccc(C#CCCCN)cc1)C(=O)O. The lowest BCUT2D eigenvalue weighted by Gasteiger charge is -2.15. The summed E-state index contributed by atoms with van der Waals surface area (Å²) in [4.78, 5) is 11.4. The molecule has 0 saturated heterocycles. The number of nitrogens with one attached hydrogen (secondary N) is 1. The molecule has 0 aliphatic carbocycles. The van der Waals surface area contributed by atoms with Gasteiger partial charge in [0.15, 0.2) is 0 Å². The summed E-state index contributed by atoms with van der Waals surface area (Å²) in [5.41, 5.74) is 6.97. The second-order valence-electron chi connectivity index (χ2n) is 5.78. The zero-order chi connectivity index (χ0) is 18.7. The minimum Gasteiger partial charge on any atom is -0.480 e. The van der Waals surface area contributed by atoms with Crippen molar-refractivity contribution in [3.63, 3.8) is 0 Å². The molecule has 1 aromatic rings. The van der Waals surface area contributed by atoms with Gasteiger partial charge in [0.25, 0.3) is 0 Å². The standard InChI is InChI=1S/C18H26N2O4S/c1-2-3-13-25(23,24)20-17(18(21)22)14-16-10-8-15(9-11-16)7-5-4-6-12-19/h8-11,17,20H,2-4,6,12-14,19H2,1H3,(H,21,22). The van der Waals surface area contributed by atoms with Crippen molar-refractivity contribution in [1.82, 2.24) is 4.72 Å². The van der Waals surface area contributed by atoms with Gasteiger partial charge in [-0.25, -0.2) is 13.1 Å². The first-order valence-corrected chi connectivity index (χ1v) is 10.0. The lowest BCUT2D eigenvalue weighted by atomic mass is 10.0. The first-order chi connectivity index (χ1) is 11.9. The van der Waals surface area contributed by atoms with Crippen LogP contribution < -0.4 is 10.5 Å². The average molecular weight is 366 g/mol. The van der Waals surface area contributed by atoms with Gasteiger partial charge in [-0.15, -0.1) is 0 Å². The lowest BCUT2D eigenvalue weighted by Crippen LogP contribution is -2.43. The smallest absolute Gasteiger partial charge is 0.322 e. The molecule has 25 heavy (non-hydrogen) atoms. The highest BCUT2D eigenvalue weighted by Gasteiger charge is 2.23. The van der Waals surface area contributed by atoms with Crippen LogP contribution in [0.15, 0.2) is 24.3 Å². The molecule has 0 aliphatic rings. The number of hydrogen-bond donors (Lipinski definition) is 3. The van der Waals surface area contributed by atoms with Crippen LogP contribution in [0.5, 0.6) is 0 Å². The molecule has 138 valence electrons. The molecule has 0 saturated carbocycles. The molecule has 1 rings (SSSR count). The van der Waals surface area contributed by atoms with Crippen LogP contribution in [0.1, 0.15) is 43.7 Å². The molecule has 1 aromatic carbocycles. The molecule has 0 spiro atoms. The van der Waals surface area contributed by atoms with E-state index in [1.54, 1.807) is 24.3 Å². The maximum absolute atomic E-state index is 11.9. The van der Waals surface area contributed by atoms with Gasteiger partial charge in [0.1, 0.15) is 6.04 Å². The van der Waals surface area contributed by atoms with Crippen LogP contribution in [0.3, 0.4) is 0 Å². The highest BCUT2D eigenvalue weighted by Crippen LogP contribution is 2.08. The van der Waals surface area contributed by atoms with Gasteiger partial charge in [0, 0.05) is 12.0 Å². The van der Waals surface area contributed by atoms with Crippen molar-refractivity contribution in [3.8, 4) is 11.8 Å². The van der Waals surface area contributed by atoms with Gasteiger partial charge in [-0.3, -0.25) is 4.79 Å². The van der Waals surface area contributed by atoms with Gasteiger partial charge < -0.3 is 10.8 Å². The minimum absolute atomic E-state index is 0.0649. The van der Waals surface area contributed by atoms with E-state index in [-0.39, 0.29) is 12.2 Å². The van der Waals surface area contributed by atoms with Crippen LogP contribution in [-0.4, -0.2) is 37.8 Å². The van der Waals surface area contributed by atoms with Crippen molar-refractivity contribution >= 4 is 16.0 Å². The summed E-state index contributed by atoms with van der Waals surface area (Å²) >= 11 is 0. The summed E-state index contributed by atoms with van der Waals surface area (Å²) in [5, 5.41) is 9.29. The molecule has 6 nitrogen and oxygen atoms in total. The van der Waals surface area contributed by atoms with E-state index in [2.05, 4.69) is 16.6 Å². The average Bonchev–Trinajstić information content (AvgIpc) is 2.57. The number of unbranched alkanes of at least 4 members (excludes halogenated alkanes) is 2. The highest BCUT2D eigenvalue weighted by molar-refractivity contribution is 7.89. The van der Waals surface area contributed by atoms with E-state index in [0.29, 0.717) is 13.0 Å². The summed E-state index contributed by atoms with van der Waals surface area (Å²) in [6, 6.07) is 5.96. The van der Waals surface area contributed by atoms with Crippen molar-refractivity contribution in [2.75, 3.05) is 12.3 Å². The fraction of sp³-hybridized carbons (Fsp3) is 0.500. The predicted molar refractivity (Wildman–Crippen MR) is 98.6 cm³/mol. The maximum atomic E-state index is 11.9. The zero-order valence-electron chi connectivity index (χ0n) is 14.5. The number of hydrogen-bond acceptors (Lipinski definition) is 4. The quantitative estimate of drug-likeness (QED) is 0.429. The van der Waals surface area contributed by atoms with E-state index < -0.39 is 22.0 Å². The van der Waals surface area contributed by atoms with Gasteiger partial charge in [0.05, 0.1) is 5.75 Å². The second-order valence-corrected chi connectivity index (χ2v) is 7.65. The van der Waals surface area contributed by atoms with E-state index in [1.165, 1.54) is 0 Å². The monoisotopic (exact) mass is 366 g/mol.